The number of fused-ring (bicyclic) bond motifs is 1. The van der Waals surface area contributed by atoms with Gasteiger partial charge in [-0.1, -0.05) is 24.3 Å². The summed E-state index contributed by atoms with van der Waals surface area (Å²) in [7, 11) is 0. The van der Waals surface area contributed by atoms with Crippen LogP contribution >= 0.6 is 15.9 Å². The molecule has 0 saturated carbocycles. The Bertz CT molecular complexity index is 733. The maximum atomic E-state index is 5.93. The third-order valence-corrected chi connectivity index (χ3v) is 3.73. The average molecular weight is 329 g/mol. The van der Waals surface area contributed by atoms with Crippen molar-refractivity contribution >= 4 is 32.5 Å². The predicted molar refractivity (Wildman–Crippen MR) is 84.6 cm³/mol. The maximum Gasteiger partial charge on any atom is 0.156 e. The number of nitrogens with zero attached hydrogens (tertiary/aromatic N) is 1. The normalized spacial score (nSPS) is 10.7. The van der Waals surface area contributed by atoms with Gasteiger partial charge < -0.3 is 10.5 Å². The molecular weight excluding hydrogens is 316 g/mol. The molecule has 4 heteroatoms. The number of nitrogen functional groups attached to an aromatic ring is 1. The van der Waals surface area contributed by atoms with E-state index in [2.05, 4.69) is 20.9 Å². The van der Waals surface area contributed by atoms with E-state index in [4.69, 9.17) is 10.5 Å². The molecule has 3 rings (SSSR count). The maximum absolute atomic E-state index is 5.93. The van der Waals surface area contributed by atoms with Gasteiger partial charge in [-0.2, -0.15) is 0 Å². The number of hydrogen-bond acceptors (Lipinski definition) is 3. The SMILES string of the molecule is Nc1cccc(Br)c1OCc1ccnc2ccccc12. The van der Waals surface area contributed by atoms with Crippen LogP contribution in [0.4, 0.5) is 5.69 Å². The van der Waals surface area contributed by atoms with Crippen molar-refractivity contribution < 1.29 is 4.74 Å². The Morgan fingerprint density at radius 1 is 1.05 bits per heavy atom. The van der Waals surface area contributed by atoms with Gasteiger partial charge in [0.2, 0.25) is 0 Å². The minimum Gasteiger partial charge on any atom is -0.486 e. The van der Waals surface area contributed by atoms with E-state index in [0.29, 0.717) is 18.0 Å². The summed E-state index contributed by atoms with van der Waals surface area (Å²) in [6, 6.07) is 15.6. The average Bonchev–Trinajstić information content (AvgIpc) is 2.47. The largest absolute Gasteiger partial charge is 0.486 e. The number of halogens is 1. The van der Waals surface area contributed by atoms with Crippen LogP contribution in [-0.4, -0.2) is 4.98 Å². The fraction of sp³-hybridized carbons (Fsp3) is 0.0625. The fourth-order valence-electron chi connectivity index (χ4n) is 2.11. The van der Waals surface area contributed by atoms with Gasteiger partial charge in [0.25, 0.3) is 0 Å². The lowest BCUT2D eigenvalue weighted by Gasteiger charge is -2.12. The minimum atomic E-state index is 0.454. The highest BCUT2D eigenvalue weighted by Crippen LogP contribution is 2.32. The number of ether oxygens (including phenoxy) is 1. The van der Waals surface area contributed by atoms with Crippen LogP contribution in [0.5, 0.6) is 5.75 Å². The van der Waals surface area contributed by atoms with Gasteiger partial charge in [0.15, 0.2) is 5.75 Å². The molecule has 100 valence electrons. The predicted octanol–water partition coefficient (Wildman–Crippen LogP) is 4.16. The first-order valence-electron chi connectivity index (χ1n) is 6.25. The molecule has 0 fully saturated rings. The molecule has 0 spiro atoms. The molecule has 0 atom stereocenters. The Morgan fingerprint density at radius 2 is 1.90 bits per heavy atom. The third kappa shape index (κ3) is 2.47. The van der Waals surface area contributed by atoms with Gasteiger partial charge in [0.1, 0.15) is 6.61 Å². The number of hydrogen-bond donors (Lipinski definition) is 1. The molecule has 1 aromatic heterocycles. The van der Waals surface area contributed by atoms with Crippen LogP contribution in [0.25, 0.3) is 10.9 Å². The Kier molecular flexibility index (Phi) is 3.56. The highest BCUT2D eigenvalue weighted by atomic mass is 79.9. The monoisotopic (exact) mass is 328 g/mol. The number of pyridine rings is 1. The summed E-state index contributed by atoms with van der Waals surface area (Å²) in [5.41, 5.74) is 8.61. The van der Waals surface area contributed by atoms with E-state index in [1.807, 2.05) is 48.5 Å². The molecule has 0 aliphatic heterocycles. The second kappa shape index (κ2) is 5.51. The zero-order chi connectivity index (χ0) is 13.9. The summed E-state index contributed by atoms with van der Waals surface area (Å²) >= 11 is 3.45. The molecule has 3 nitrogen and oxygen atoms in total. The van der Waals surface area contributed by atoms with Crippen molar-refractivity contribution in [3.8, 4) is 5.75 Å². The molecule has 0 aliphatic carbocycles. The molecule has 1 heterocycles. The van der Waals surface area contributed by atoms with Crippen LogP contribution in [0.15, 0.2) is 59.2 Å². The van der Waals surface area contributed by atoms with E-state index in [9.17, 15) is 0 Å². The van der Waals surface area contributed by atoms with Crippen LogP contribution in [-0.2, 0) is 6.61 Å². The highest BCUT2D eigenvalue weighted by Gasteiger charge is 2.07. The summed E-state index contributed by atoms with van der Waals surface area (Å²) in [6.07, 6.45) is 1.80. The smallest absolute Gasteiger partial charge is 0.156 e. The number of aromatic nitrogens is 1. The van der Waals surface area contributed by atoms with Gasteiger partial charge in [0.05, 0.1) is 15.7 Å². The summed E-state index contributed by atoms with van der Waals surface area (Å²) in [5, 5.41) is 1.10. The molecule has 0 amide bonds. The third-order valence-electron chi connectivity index (χ3n) is 3.11. The van der Waals surface area contributed by atoms with Crippen molar-refractivity contribution in [3.63, 3.8) is 0 Å². The van der Waals surface area contributed by atoms with Gasteiger partial charge in [-0.15, -0.1) is 0 Å². The Hall–Kier alpha value is -2.07. The van der Waals surface area contributed by atoms with Gasteiger partial charge in [-0.25, -0.2) is 0 Å². The van der Waals surface area contributed by atoms with Crippen LogP contribution in [0.1, 0.15) is 5.56 Å². The van der Waals surface area contributed by atoms with Crippen molar-refractivity contribution in [1.29, 1.82) is 0 Å². The quantitative estimate of drug-likeness (QED) is 0.734. The second-order valence-corrected chi connectivity index (χ2v) is 5.29. The van der Waals surface area contributed by atoms with Gasteiger partial charge in [0, 0.05) is 17.1 Å². The number of rotatable bonds is 3. The first-order valence-corrected chi connectivity index (χ1v) is 7.04. The molecule has 0 bridgehead atoms. The first-order chi connectivity index (χ1) is 9.75. The lowest BCUT2D eigenvalue weighted by Crippen LogP contribution is -2.00. The van der Waals surface area contributed by atoms with Crippen molar-refractivity contribution in [2.45, 2.75) is 6.61 Å². The summed E-state index contributed by atoms with van der Waals surface area (Å²) in [6.45, 7) is 0.454. The topological polar surface area (TPSA) is 48.1 Å². The lowest BCUT2D eigenvalue weighted by molar-refractivity contribution is 0.307. The number of nitrogens with two attached hydrogens (primary N) is 1. The van der Waals surface area contributed by atoms with E-state index >= 15 is 0 Å². The molecule has 20 heavy (non-hydrogen) atoms. The summed E-state index contributed by atoms with van der Waals surface area (Å²) in [4.78, 5) is 4.34. The molecular formula is C16H13BrN2O. The summed E-state index contributed by atoms with van der Waals surface area (Å²) in [5.74, 6) is 0.674. The van der Waals surface area contributed by atoms with Gasteiger partial charge in [-0.3, -0.25) is 4.98 Å². The van der Waals surface area contributed by atoms with Crippen LogP contribution < -0.4 is 10.5 Å². The molecule has 0 unspecified atom stereocenters. The molecule has 0 aliphatic rings. The zero-order valence-electron chi connectivity index (χ0n) is 10.7. The Labute approximate surface area is 125 Å². The second-order valence-electron chi connectivity index (χ2n) is 4.43. The van der Waals surface area contributed by atoms with Gasteiger partial charge in [-0.05, 0) is 40.2 Å². The number of para-hydroxylation sites is 2. The van der Waals surface area contributed by atoms with E-state index in [1.165, 1.54) is 0 Å². The molecule has 0 saturated heterocycles. The van der Waals surface area contributed by atoms with E-state index < -0.39 is 0 Å². The van der Waals surface area contributed by atoms with Gasteiger partial charge >= 0.3 is 0 Å². The lowest BCUT2D eigenvalue weighted by atomic mass is 10.1. The van der Waals surface area contributed by atoms with Crippen LogP contribution in [0, 0.1) is 0 Å². The number of anilines is 1. The van der Waals surface area contributed by atoms with Crippen molar-refractivity contribution in [1.82, 2.24) is 4.98 Å². The first kappa shape index (κ1) is 12.9. The minimum absolute atomic E-state index is 0.454. The van der Waals surface area contributed by atoms with E-state index in [0.717, 1.165) is 20.9 Å². The fourth-order valence-corrected chi connectivity index (χ4v) is 2.60. The molecule has 2 aromatic carbocycles. The zero-order valence-corrected chi connectivity index (χ0v) is 12.3. The Morgan fingerprint density at radius 3 is 2.75 bits per heavy atom. The van der Waals surface area contributed by atoms with Crippen molar-refractivity contribution in [3.05, 3.63) is 64.8 Å². The van der Waals surface area contributed by atoms with Crippen LogP contribution in [0.2, 0.25) is 0 Å². The number of benzene rings is 2. The van der Waals surface area contributed by atoms with Crippen LogP contribution in [0.3, 0.4) is 0 Å². The van der Waals surface area contributed by atoms with E-state index in [-0.39, 0.29) is 0 Å². The molecule has 0 radical (unpaired) electrons. The van der Waals surface area contributed by atoms with Crippen molar-refractivity contribution in [2.24, 2.45) is 0 Å². The highest BCUT2D eigenvalue weighted by molar-refractivity contribution is 9.10. The standard InChI is InChI=1S/C16H13BrN2O/c17-13-5-3-6-14(18)16(13)20-10-11-8-9-19-15-7-2-1-4-12(11)15/h1-9H,10,18H2. The Balaban J connectivity index is 1.91. The van der Waals surface area contributed by atoms with Crippen molar-refractivity contribution in [2.75, 3.05) is 5.73 Å². The summed E-state index contributed by atoms with van der Waals surface area (Å²) < 4.78 is 6.72. The molecule has 2 N–H and O–H groups in total. The van der Waals surface area contributed by atoms with E-state index in [1.54, 1.807) is 6.20 Å². The molecule has 3 aromatic rings.